The first-order chi connectivity index (χ1) is 16.2. The maximum absolute atomic E-state index is 13.2. The van der Waals surface area contributed by atoms with Crippen LogP contribution in [0.25, 0.3) is 0 Å². The molecular weight excluding hydrogens is 426 g/mol. The van der Waals surface area contributed by atoms with E-state index in [4.69, 9.17) is 5.73 Å². The molecule has 190 valence electrons. The predicted molar refractivity (Wildman–Crippen MR) is 137 cm³/mol. The van der Waals surface area contributed by atoms with Crippen molar-refractivity contribution in [2.45, 2.75) is 90.6 Å². The third-order valence-corrected chi connectivity index (χ3v) is 8.27. The lowest BCUT2D eigenvalue weighted by atomic mass is 9.84. The van der Waals surface area contributed by atoms with Crippen molar-refractivity contribution in [1.29, 1.82) is 0 Å². The van der Waals surface area contributed by atoms with Gasteiger partial charge in [-0.15, -0.1) is 0 Å². The smallest absolute Gasteiger partial charge is 0.248 e. The summed E-state index contributed by atoms with van der Waals surface area (Å²) in [6.45, 7) is 10.5. The molecule has 1 aromatic carbocycles. The average molecular weight is 472 g/mol. The van der Waals surface area contributed by atoms with E-state index in [9.17, 15) is 14.7 Å². The van der Waals surface area contributed by atoms with Crippen LogP contribution in [0.1, 0.15) is 94.5 Å². The Labute approximate surface area is 205 Å². The number of piperidine rings is 1. The second-order valence-corrected chi connectivity index (χ2v) is 11.1. The number of carbonyl (C=O) groups excluding carboxylic acids is 2. The van der Waals surface area contributed by atoms with Gasteiger partial charge in [-0.2, -0.15) is 0 Å². The molecule has 2 unspecified atom stereocenters. The SMILES string of the molecule is CCC(CC)CN(CCCN1C2CCC1CC(c1cccc(C(N)=O)c1)C2)C(=O)C(C)(C)CO. The molecule has 2 heterocycles. The zero-order valence-corrected chi connectivity index (χ0v) is 21.6. The molecule has 2 saturated heterocycles. The number of nitrogens with two attached hydrogens (primary N) is 1. The number of primary amides is 1. The van der Waals surface area contributed by atoms with Crippen molar-refractivity contribution in [3.8, 4) is 0 Å². The summed E-state index contributed by atoms with van der Waals surface area (Å²) >= 11 is 0. The summed E-state index contributed by atoms with van der Waals surface area (Å²) in [6, 6.07) is 8.99. The first-order valence-electron chi connectivity index (χ1n) is 13.3. The highest BCUT2D eigenvalue weighted by atomic mass is 16.3. The van der Waals surface area contributed by atoms with E-state index in [1.807, 2.05) is 30.9 Å². The minimum atomic E-state index is -0.733. The fourth-order valence-corrected chi connectivity index (χ4v) is 5.93. The van der Waals surface area contributed by atoms with E-state index in [1.54, 1.807) is 6.07 Å². The van der Waals surface area contributed by atoms with E-state index < -0.39 is 5.41 Å². The molecule has 3 rings (SSSR count). The summed E-state index contributed by atoms with van der Waals surface area (Å²) in [6.07, 6.45) is 7.78. The summed E-state index contributed by atoms with van der Waals surface area (Å²) in [7, 11) is 0. The second-order valence-electron chi connectivity index (χ2n) is 11.1. The van der Waals surface area contributed by atoms with Gasteiger partial charge >= 0.3 is 0 Å². The molecule has 2 fully saturated rings. The van der Waals surface area contributed by atoms with Gasteiger partial charge in [0.25, 0.3) is 0 Å². The van der Waals surface area contributed by atoms with Crippen LogP contribution in [0.3, 0.4) is 0 Å². The van der Waals surface area contributed by atoms with Gasteiger partial charge in [-0.05, 0) is 75.5 Å². The van der Waals surface area contributed by atoms with E-state index in [0.717, 1.165) is 51.7 Å². The number of nitrogens with zero attached hydrogens (tertiary/aromatic N) is 2. The highest BCUT2D eigenvalue weighted by Gasteiger charge is 2.41. The van der Waals surface area contributed by atoms with Crippen LogP contribution < -0.4 is 5.73 Å². The van der Waals surface area contributed by atoms with E-state index in [-0.39, 0.29) is 18.4 Å². The van der Waals surface area contributed by atoms with Crippen LogP contribution in [0.2, 0.25) is 0 Å². The van der Waals surface area contributed by atoms with Gasteiger partial charge in [-0.1, -0.05) is 38.8 Å². The maximum Gasteiger partial charge on any atom is 0.248 e. The van der Waals surface area contributed by atoms with E-state index in [0.29, 0.717) is 29.5 Å². The van der Waals surface area contributed by atoms with Crippen molar-refractivity contribution in [2.75, 3.05) is 26.2 Å². The van der Waals surface area contributed by atoms with Gasteiger partial charge in [-0.3, -0.25) is 14.5 Å². The summed E-state index contributed by atoms with van der Waals surface area (Å²) in [5.74, 6) is 0.685. The molecule has 3 N–H and O–H groups in total. The Morgan fingerprint density at radius 3 is 2.38 bits per heavy atom. The van der Waals surface area contributed by atoms with Crippen molar-refractivity contribution >= 4 is 11.8 Å². The zero-order chi connectivity index (χ0) is 24.9. The lowest BCUT2D eigenvalue weighted by Crippen LogP contribution is -2.47. The third-order valence-electron chi connectivity index (χ3n) is 8.27. The van der Waals surface area contributed by atoms with Gasteiger partial charge in [-0.25, -0.2) is 0 Å². The summed E-state index contributed by atoms with van der Waals surface area (Å²) in [4.78, 5) is 29.5. The van der Waals surface area contributed by atoms with Crippen molar-refractivity contribution in [1.82, 2.24) is 9.80 Å². The molecule has 2 amide bonds. The standard InChI is InChI=1S/C28H45N3O3/c1-5-20(6-2)18-30(27(34)28(3,4)19-32)13-8-14-31-24-11-12-25(31)17-23(16-24)21-9-7-10-22(15-21)26(29)33/h7,9-10,15,20,23-25,32H,5-6,8,11-14,16-19H2,1-4H3,(H2,29,33). The highest BCUT2D eigenvalue weighted by Crippen LogP contribution is 2.43. The van der Waals surface area contributed by atoms with Crippen LogP contribution in [0, 0.1) is 11.3 Å². The van der Waals surface area contributed by atoms with E-state index >= 15 is 0 Å². The normalized spacial score (nSPS) is 22.8. The van der Waals surface area contributed by atoms with Crippen LogP contribution in [-0.2, 0) is 4.79 Å². The minimum Gasteiger partial charge on any atom is -0.395 e. The van der Waals surface area contributed by atoms with Gasteiger partial charge in [0.2, 0.25) is 11.8 Å². The van der Waals surface area contributed by atoms with E-state index in [1.165, 1.54) is 18.4 Å². The topological polar surface area (TPSA) is 86.9 Å². The molecule has 2 aliphatic rings. The molecule has 1 aromatic rings. The van der Waals surface area contributed by atoms with Gasteiger partial charge in [0.05, 0.1) is 12.0 Å². The number of aliphatic hydroxyl groups is 1. The maximum atomic E-state index is 13.2. The first kappa shape index (κ1) is 26.7. The largest absolute Gasteiger partial charge is 0.395 e. The molecule has 6 heteroatoms. The zero-order valence-electron chi connectivity index (χ0n) is 21.6. The lowest BCUT2D eigenvalue weighted by molar-refractivity contribution is -0.143. The summed E-state index contributed by atoms with van der Waals surface area (Å²) < 4.78 is 0. The highest BCUT2D eigenvalue weighted by molar-refractivity contribution is 5.92. The Balaban J connectivity index is 1.60. The van der Waals surface area contributed by atoms with Gasteiger partial charge in [0, 0.05) is 37.3 Å². The quantitative estimate of drug-likeness (QED) is 0.479. The number of hydrogen-bond acceptors (Lipinski definition) is 4. The van der Waals surface area contributed by atoms with Crippen LogP contribution >= 0.6 is 0 Å². The Bertz CT molecular complexity index is 822. The van der Waals surface area contributed by atoms with Gasteiger partial charge < -0.3 is 15.7 Å². The number of fused-ring (bicyclic) bond motifs is 2. The van der Waals surface area contributed by atoms with Gasteiger partial charge in [0.15, 0.2) is 0 Å². The van der Waals surface area contributed by atoms with Crippen molar-refractivity contribution in [3.05, 3.63) is 35.4 Å². The van der Waals surface area contributed by atoms with Gasteiger partial charge in [0.1, 0.15) is 0 Å². The number of carbonyl (C=O) groups is 2. The molecule has 2 atom stereocenters. The molecule has 0 saturated carbocycles. The molecule has 0 spiro atoms. The molecule has 0 radical (unpaired) electrons. The third kappa shape index (κ3) is 6.19. The predicted octanol–water partition coefficient (Wildman–Crippen LogP) is 4.17. The first-order valence-corrected chi connectivity index (χ1v) is 13.3. The molecular formula is C28H45N3O3. The van der Waals surface area contributed by atoms with Crippen molar-refractivity contribution in [2.24, 2.45) is 17.1 Å². The molecule has 0 aromatic heterocycles. The number of rotatable bonds is 12. The molecule has 34 heavy (non-hydrogen) atoms. The fraction of sp³-hybridized carbons (Fsp3) is 0.714. The number of aliphatic hydroxyl groups excluding tert-OH is 1. The Kier molecular flexibility index (Phi) is 9.16. The number of benzene rings is 1. The van der Waals surface area contributed by atoms with E-state index in [2.05, 4.69) is 24.8 Å². The Morgan fingerprint density at radius 2 is 1.82 bits per heavy atom. The van der Waals surface area contributed by atoms with Crippen LogP contribution in [0.5, 0.6) is 0 Å². The van der Waals surface area contributed by atoms with Crippen molar-refractivity contribution < 1.29 is 14.7 Å². The molecule has 0 aliphatic carbocycles. The summed E-state index contributed by atoms with van der Waals surface area (Å²) in [5, 5.41) is 9.75. The monoisotopic (exact) mass is 471 g/mol. The molecule has 6 nitrogen and oxygen atoms in total. The van der Waals surface area contributed by atoms with Crippen LogP contribution in [0.15, 0.2) is 24.3 Å². The number of amides is 2. The van der Waals surface area contributed by atoms with Crippen molar-refractivity contribution in [3.63, 3.8) is 0 Å². The van der Waals surface area contributed by atoms with Crippen LogP contribution in [-0.4, -0.2) is 65.0 Å². The Morgan fingerprint density at radius 1 is 1.18 bits per heavy atom. The fourth-order valence-electron chi connectivity index (χ4n) is 5.93. The van der Waals surface area contributed by atoms with Crippen LogP contribution in [0.4, 0.5) is 0 Å². The lowest BCUT2D eigenvalue weighted by Gasteiger charge is -2.40. The molecule has 2 bridgehead atoms. The molecule has 2 aliphatic heterocycles. The summed E-state index contributed by atoms with van der Waals surface area (Å²) in [5.41, 5.74) is 6.60. The number of hydrogen-bond donors (Lipinski definition) is 2. The average Bonchev–Trinajstić information content (AvgIpc) is 3.07. The Hall–Kier alpha value is -1.92. The second kappa shape index (κ2) is 11.7. The minimum absolute atomic E-state index is 0.0675.